The van der Waals surface area contributed by atoms with Gasteiger partial charge in [-0.25, -0.2) is 0 Å². The Morgan fingerprint density at radius 3 is 2.45 bits per heavy atom. The van der Waals surface area contributed by atoms with Crippen molar-refractivity contribution in [2.45, 2.75) is 57.5 Å². The van der Waals surface area contributed by atoms with E-state index in [2.05, 4.69) is 0 Å². The van der Waals surface area contributed by atoms with Crippen LogP contribution in [0.2, 0.25) is 0 Å². The number of carbonyl (C=O) groups is 3. The summed E-state index contributed by atoms with van der Waals surface area (Å²) >= 11 is 0. The molecule has 3 aliphatic rings. The number of ether oxygens (including phenoxy) is 1. The first-order valence-corrected chi connectivity index (χ1v) is 10.7. The molecule has 2 amide bonds. The molecule has 3 fully saturated rings. The SMILES string of the molecule is COC(=O)[C@H]1C[C@H]2CN(C(=O)C3(C)CCCCC3)CC(=O)N2[C@H]1c1ccccc1. The van der Waals surface area contributed by atoms with Gasteiger partial charge in [0.2, 0.25) is 11.8 Å². The molecule has 6 heteroatoms. The molecule has 1 saturated carbocycles. The second-order valence-electron chi connectivity index (χ2n) is 8.98. The minimum Gasteiger partial charge on any atom is -0.469 e. The molecule has 2 aliphatic heterocycles. The lowest BCUT2D eigenvalue weighted by atomic mass is 9.74. The van der Waals surface area contributed by atoms with Crippen molar-refractivity contribution in [3.05, 3.63) is 35.9 Å². The Bertz CT molecular complexity index is 787. The Morgan fingerprint density at radius 2 is 1.79 bits per heavy atom. The Balaban J connectivity index is 1.59. The molecule has 4 rings (SSSR count). The minimum absolute atomic E-state index is 0.0748. The van der Waals surface area contributed by atoms with Crippen molar-refractivity contribution in [3.8, 4) is 0 Å². The number of rotatable bonds is 3. The molecule has 0 aromatic heterocycles. The minimum atomic E-state index is -0.406. The zero-order valence-electron chi connectivity index (χ0n) is 17.3. The van der Waals surface area contributed by atoms with Crippen molar-refractivity contribution in [3.63, 3.8) is 0 Å². The zero-order chi connectivity index (χ0) is 20.6. The Labute approximate surface area is 172 Å². The highest BCUT2D eigenvalue weighted by Crippen LogP contribution is 2.44. The molecule has 0 spiro atoms. The first-order chi connectivity index (χ1) is 13.9. The summed E-state index contributed by atoms with van der Waals surface area (Å²) in [6, 6.07) is 9.20. The van der Waals surface area contributed by atoms with Gasteiger partial charge in [-0.15, -0.1) is 0 Å². The summed E-state index contributed by atoms with van der Waals surface area (Å²) in [4.78, 5) is 42.6. The number of benzene rings is 1. The highest BCUT2D eigenvalue weighted by Gasteiger charge is 2.52. The molecule has 0 bridgehead atoms. The summed E-state index contributed by atoms with van der Waals surface area (Å²) in [6.07, 6.45) is 5.63. The molecular weight excluding hydrogens is 368 g/mol. The highest BCUT2D eigenvalue weighted by atomic mass is 16.5. The molecule has 1 aliphatic carbocycles. The van der Waals surface area contributed by atoms with Gasteiger partial charge in [0.1, 0.15) is 0 Å². The van der Waals surface area contributed by atoms with Crippen molar-refractivity contribution in [2.24, 2.45) is 11.3 Å². The Hall–Kier alpha value is -2.37. The van der Waals surface area contributed by atoms with Crippen molar-refractivity contribution in [2.75, 3.05) is 20.2 Å². The van der Waals surface area contributed by atoms with Gasteiger partial charge in [-0.2, -0.15) is 0 Å². The number of esters is 1. The molecule has 0 radical (unpaired) electrons. The number of carbonyl (C=O) groups excluding carboxylic acids is 3. The van der Waals surface area contributed by atoms with E-state index >= 15 is 0 Å². The summed E-state index contributed by atoms with van der Waals surface area (Å²) < 4.78 is 5.06. The fourth-order valence-electron chi connectivity index (χ4n) is 5.54. The van der Waals surface area contributed by atoms with E-state index in [1.165, 1.54) is 13.5 Å². The van der Waals surface area contributed by atoms with E-state index in [1.807, 2.05) is 42.2 Å². The van der Waals surface area contributed by atoms with Gasteiger partial charge in [-0.3, -0.25) is 14.4 Å². The molecule has 1 aromatic rings. The second kappa shape index (κ2) is 7.81. The molecule has 0 unspecified atom stereocenters. The van der Waals surface area contributed by atoms with Crippen molar-refractivity contribution < 1.29 is 19.1 Å². The van der Waals surface area contributed by atoms with Crippen LogP contribution in [0.25, 0.3) is 0 Å². The standard InChI is InChI=1S/C23H30N2O4/c1-23(11-7-4-8-12-23)22(28)24-14-17-13-18(21(27)29-2)20(25(17)19(26)15-24)16-9-5-3-6-10-16/h3,5-6,9-10,17-18,20H,4,7-8,11-15H2,1-2H3/t17-,18-,20-/m0/s1. The van der Waals surface area contributed by atoms with E-state index in [0.29, 0.717) is 13.0 Å². The maximum atomic E-state index is 13.3. The molecule has 156 valence electrons. The molecule has 2 heterocycles. The third-order valence-corrected chi connectivity index (χ3v) is 7.05. The van der Waals surface area contributed by atoms with Crippen LogP contribution < -0.4 is 0 Å². The van der Waals surface area contributed by atoms with Gasteiger partial charge in [0.25, 0.3) is 0 Å². The summed E-state index contributed by atoms with van der Waals surface area (Å²) in [5.74, 6) is -0.674. The lowest BCUT2D eigenvalue weighted by Gasteiger charge is -2.43. The van der Waals surface area contributed by atoms with E-state index in [9.17, 15) is 14.4 Å². The number of methoxy groups -OCH3 is 1. The molecule has 2 saturated heterocycles. The van der Waals surface area contributed by atoms with Gasteiger partial charge in [-0.1, -0.05) is 56.5 Å². The largest absolute Gasteiger partial charge is 0.469 e. The Kier molecular flexibility index (Phi) is 5.36. The smallest absolute Gasteiger partial charge is 0.311 e. The number of amides is 2. The first-order valence-electron chi connectivity index (χ1n) is 10.7. The van der Waals surface area contributed by atoms with Crippen LogP contribution in [0.3, 0.4) is 0 Å². The summed E-state index contributed by atoms with van der Waals surface area (Å²) in [7, 11) is 1.39. The van der Waals surface area contributed by atoms with E-state index in [-0.39, 0.29) is 41.8 Å². The monoisotopic (exact) mass is 398 g/mol. The number of hydrogen-bond acceptors (Lipinski definition) is 4. The highest BCUT2D eigenvalue weighted by molar-refractivity contribution is 5.90. The fraction of sp³-hybridized carbons (Fsp3) is 0.609. The van der Waals surface area contributed by atoms with Crippen LogP contribution in [0.5, 0.6) is 0 Å². The predicted molar refractivity (Wildman–Crippen MR) is 108 cm³/mol. The van der Waals surface area contributed by atoms with E-state index in [4.69, 9.17) is 4.74 Å². The van der Waals surface area contributed by atoms with Gasteiger partial charge >= 0.3 is 5.97 Å². The van der Waals surface area contributed by atoms with Gasteiger partial charge in [0.05, 0.1) is 31.7 Å². The van der Waals surface area contributed by atoms with Gasteiger partial charge in [0, 0.05) is 12.0 Å². The maximum Gasteiger partial charge on any atom is 0.311 e. The maximum absolute atomic E-state index is 13.3. The second-order valence-corrected chi connectivity index (χ2v) is 8.98. The summed E-state index contributed by atoms with van der Waals surface area (Å²) in [6.45, 7) is 2.64. The molecule has 29 heavy (non-hydrogen) atoms. The van der Waals surface area contributed by atoms with Crippen molar-refractivity contribution in [1.29, 1.82) is 0 Å². The number of hydrogen-bond donors (Lipinski definition) is 0. The van der Waals surface area contributed by atoms with Crippen LogP contribution in [-0.4, -0.2) is 53.8 Å². The fourth-order valence-corrected chi connectivity index (χ4v) is 5.54. The summed E-state index contributed by atoms with van der Waals surface area (Å²) in [5, 5.41) is 0. The topological polar surface area (TPSA) is 66.9 Å². The molecule has 0 N–H and O–H groups in total. The lowest BCUT2D eigenvalue weighted by Crippen LogP contribution is -2.58. The van der Waals surface area contributed by atoms with Gasteiger partial charge < -0.3 is 14.5 Å². The zero-order valence-corrected chi connectivity index (χ0v) is 17.3. The normalized spacial score (nSPS) is 28.8. The first kappa shape index (κ1) is 19.9. The quantitative estimate of drug-likeness (QED) is 0.735. The van der Waals surface area contributed by atoms with Crippen molar-refractivity contribution in [1.82, 2.24) is 9.80 Å². The average molecular weight is 399 g/mol. The summed E-state index contributed by atoms with van der Waals surface area (Å²) in [5.41, 5.74) is 0.581. The van der Waals surface area contributed by atoms with E-state index in [0.717, 1.165) is 31.2 Å². The van der Waals surface area contributed by atoms with Crippen molar-refractivity contribution >= 4 is 17.8 Å². The van der Waals surface area contributed by atoms with Crippen LogP contribution in [0.15, 0.2) is 30.3 Å². The van der Waals surface area contributed by atoms with E-state index < -0.39 is 5.92 Å². The number of nitrogens with zero attached hydrogens (tertiary/aromatic N) is 2. The van der Waals surface area contributed by atoms with Gasteiger partial charge in [0.15, 0.2) is 0 Å². The van der Waals surface area contributed by atoms with Crippen LogP contribution >= 0.6 is 0 Å². The van der Waals surface area contributed by atoms with Crippen LogP contribution in [0.1, 0.15) is 57.1 Å². The van der Waals surface area contributed by atoms with E-state index in [1.54, 1.807) is 4.90 Å². The van der Waals surface area contributed by atoms with Crippen LogP contribution in [-0.2, 0) is 19.1 Å². The van der Waals surface area contributed by atoms with Crippen LogP contribution in [0, 0.1) is 11.3 Å². The predicted octanol–water partition coefficient (Wildman–Crippen LogP) is 2.93. The molecular formula is C23H30N2O4. The molecule has 1 aromatic carbocycles. The third-order valence-electron chi connectivity index (χ3n) is 7.05. The number of piperazine rings is 1. The average Bonchev–Trinajstić information content (AvgIpc) is 3.14. The Morgan fingerprint density at radius 1 is 1.10 bits per heavy atom. The van der Waals surface area contributed by atoms with Crippen LogP contribution in [0.4, 0.5) is 0 Å². The lowest BCUT2D eigenvalue weighted by molar-refractivity contribution is -0.156. The molecule has 6 nitrogen and oxygen atoms in total. The number of fused-ring (bicyclic) bond motifs is 1. The van der Waals surface area contributed by atoms with Gasteiger partial charge in [-0.05, 0) is 24.8 Å². The third kappa shape index (κ3) is 3.53. The molecule has 3 atom stereocenters.